The number of rotatable bonds is 8. The Labute approximate surface area is 183 Å². The lowest BCUT2D eigenvalue weighted by molar-refractivity contribution is 0.0165. The highest BCUT2D eigenvalue weighted by Crippen LogP contribution is 2.52. The molecule has 2 aliphatic heterocycles. The minimum Gasteiger partial charge on any atom is -0.297 e. The summed E-state index contributed by atoms with van der Waals surface area (Å²) >= 11 is 0. The highest BCUT2D eigenvalue weighted by atomic mass is 15.3. The molecule has 2 heteroatoms. The molecule has 1 aliphatic carbocycles. The van der Waals surface area contributed by atoms with E-state index in [1.807, 2.05) is 0 Å². The van der Waals surface area contributed by atoms with Gasteiger partial charge in [0.1, 0.15) is 0 Å². The molecule has 0 N–H and O–H groups in total. The summed E-state index contributed by atoms with van der Waals surface area (Å²) in [7, 11) is 0. The molecule has 170 valence electrons. The van der Waals surface area contributed by atoms with Gasteiger partial charge in [-0.25, -0.2) is 0 Å². The lowest BCUT2D eigenvalue weighted by Gasteiger charge is -2.47. The molecule has 2 nitrogen and oxygen atoms in total. The van der Waals surface area contributed by atoms with E-state index in [0.29, 0.717) is 16.4 Å². The summed E-state index contributed by atoms with van der Waals surface area (Å²) < 4.78 is 0. The summed E-state index contributed by atoms with van der Waals surface area (Å²) in [5.41, 5.74) is 1.25. The van der Waals surface area contributed by atoms with Gasteiger partial charge in [0.2, 0.25) is 0 Å². The molecule has 3 fully saturated rings. The van der Waals surface area contributed by atoms with Crippen molar-refractivity contribution in [2.24, 2.45) is 22.7 Å². The number of nitrogens with zero attached hydrogens (tertiary/aromatic N) is 2. The minimum atomic E-state index is 0.345. The van der Waals surface area contributed by atoms with Crippen molar-refractivity contribution in [1.29, 1.82) is 0 Å². The molecule has 0 aromatic carbocycles. The number of hydrogen-bond donors (Lipinski definition) is 0. The van der Waals surface area contributed by atoms with E-state index in [1.165, 1.54) is 64.5 Å². The van der Waals surface area contributed by atoms with Crippen LogP contribution in [-0.4, -0.2) is 46.6 Å². The Kier molecular flexibility index (Phi) is 6.87. The van der Waals surface area contributed by atoms with E-state index in [4.69, 9.17) is 0 Å². The van der Waals surface area contributed by atoms with E-state index < -0.39 is 0 Å². The Hall–Kier alpha value is -0.0800. The summed E-state index contributed by atoms with van der Waals surface area (Å²) in [5, 5.41) is 0. The number of hydrogen-bond acceptors (Lipinski definition) is 2. The molecule has 0 aromatic rings. The van der Waals surface area contributed by atoms with Gasteiger partial charge in [0.15, 0.2) is 0 Å². The van der Waals surface area contributed by atoms with Gasteiger partial charge >= 0.3 is 0 Å². The third-order valence-corrected chi connectivity index (χ3v) is 9.28. The van der Waals surface area contributed by atoms with Gasteiger partial charge in [0, 0.05) is 30.2 Å². The molecule has 0 aromatic heterocycles. The Morgan fingerprint density at radius 2 is 1.66 bits per heavy atom. The maximum absolute atomic E-state index is 2.92. The molecule has 3 rings (SSSR count). The van der Waals surface area contributed by atoms with E-state index in [-0.39, 0.29) is 0 Å². The quantitative estimate of drug-likeness (QED) is 0.430. The summed E-state index contributed by atoms with van der Waals surface area (Å²) in [6.07, 6.45) is 11.1. The monoisotopic (exact) mass is 404 g/mol. The molecular weight excluding hydrogens is 352 g/mol. The maximum atomic E-state index is 2.92. The Balaban J connectivity index is 1.59. The summed E-state index contributed by atoms with van der Waals surface area (Å²) in [6, 6.07) is 2.37. The van der Waals surface area contributed by atoms with Gasteiger partial charge in [-0.2, -0.15) is 0 Å². The first-order valence-electron chi connectivity index (χ1n) is 12.9. The first-order chi connectivity index (χ1) is 13.4. The van der Waals surface area contributed by atoms with Crippen molar-refractivity contribution in [1.82, 2.24) is 9.80 Å². The fourth-order valence-electron chi connectivity index (χ4n) is 7.43. The van der Waals surface area contributed by atoms with Crippen LogP contribution in [0.5, 0.6) is 0 Å². The van der Waals surface area contributed by atoms with E-state index in [2.05, 4.69) is 72.1 Å². The largest absolute Gasteiger partial charge is 0.297 e. The molecule has 2 bridgehead atoms. The maximum Gasteiger partial charge on any atom is 0.0156 e. The summed E-state index contributed by atoms with van der Waals surface area (Å²) in [4.78, 5) is 5.78. The predicted molar refractivity (Wildman–Crippen MR) is 127 cm³/mol. The second kappa shape index (κ2) is 8.45. The Morgan fingerprint density at radius 3 is 2.21 bits per heavy atom. The zero-order valence-corrected chi connectivity index (χ0v) is 21.4. The molecule has 3 aliphatic rings. The van der Waals surface area contributed by atoms with Crippen LogP contribution in [0.3, 0.4) is 0 Å². The van der Waals surface area contributed by atoms with Crippen molar-refractivity contribution in [3.63, 3.8) is 0 Å². The molecule has 5 atom stereocenters. The van der Waals surface area contributed by atoms with Crippen LogP contribution in [0.2, 0.25) is 0 Å². The normalized spacial score (nSPS) is 33.0. The predicted octanol–water partition coefficient (Wildman–Crippen LogP) is 6.98. The third kappa shape index (κ3) is 4.89. The lowest BCUT2D eigenvalue weighted by Crippen LogP contribution is -2.52. The minimum absolute atomic E-state index is 0.345. The third-order valence-electron chi connectivity index (χ3n) is 9.28. The van der Waals surface area contributed by atoms with Crippen molar-refractivity contribution in [3.05, 3.63) is 0 Å². The molecule has 2 saturated heterocycles. The van der Waals surface area contributed by atoms with E-state index >= 15 is 0 Å². The second-order valence-corrected chi connectivity index (χ2v) is 13.3. The smallest absolute Gasteiger partial charge is 0.0156 e. The van der Waals surface area contributed by atoms with Crippen molar-refractivity contribution in [3.8, 4) is 0 Å². The van der Waals surface area contributed by atoms with Crippen LogP contribution in [-0.2, 0) is 0 Å². The van der Waals surface area contributed by atoms with Gasteiger partial charge in [-0.3, -0.25) is 9.80 Å². The van der Waals surface area contributed by atoms with Gasteiger partial charge < -0.3 is 0 Å². The van der Waals surface area contributed by atoms with Crippen molar-refractivity contribution < 1.29 is 0 Å². The van der Waals surface area contributed by atoms with Crippen LogP contribution in [0.15, 0.2) is 0 Å². The highest BCUT2D eigenvalue weighted by Gasteiger charge is 2.52. The molecule has 0 amide bonds. The summed E-state index contributed by atoms with van der Waals surface area (Å²) in [6.45, 7) is 25.1. The van der Waals surface area contributed by atoms with Gasteiger partial charge in [-0.05, 0) is 94.9 Å². The molecule has 1 saturated carbocycles. The first kappa shape index (κ1) is 23.6. The first-order valence-corrected chi connectivity index (χ1v) is 12.9. The fourth-order valence-corrected chi connectivity index (χ4v) is 7.43. The number of likely N-dealkylation sites (tertiary alicyclic amines) is 2. The number of fused-ring (bicyclic) bond motifs is 2. The Bertz CT molecular complexity index is 543. The van der Waals surface area contributed by atoms with Crippen molar-refractivity contribution >= 4 is 0 Å². The lowest BCUT2D eigenvalue weighted by atomic mass is 9.72. The molecule has 5 unspecified atom stereocenters. The van der Waals surface area contributed by atoms with Gasteiger partial charge in [-0.15, -0.1) is 0 Å². The van der Waals surface area contributed by atoms with Crippen LogP contribution in [0.1, 0.15) is 114 Å². The molecule has 0 radical (unpaired) electrons. The van der Waals surface area contributed by atoms with Crippen LogP contribution in [0.4, 0.5) is 0 Å². The average Bonchev–Trinajstić information content (AvgIpc) is 3.34. The Morgan fingerprint density at radius 1 is 0.966 bits per heavy atom. The van der Waals surface area contributed by atoms with Gasteiger partial charge in [0.25, 0.3) is 0 Å². The van der Waals surface area contributed by atoms with Crippen molar-refractivity contribution in [2.45, 2.75) is 137 Å². The average molecular weight is 405 g/mol. The van der Waals surface area contributed by atoms with Crippen LogP contribution in [0, 0.1) is 22.7 Å². The molecular formula is C27H52N2. The SMILES string of the molecule is CCCC(C)N1CCCC1C(C)(C)CCC(C)(C)N1CC2CC1CC2C(C)(C)C. The second-order valence-electron chi connectivity index (χ2n) is 13.3. The zero-order valence-electron chi connectivity index (χ0n) is 21.4. The van der Waals surface area contributed by atoms with Gasteiger partial charge in [-0.1, -0.05) is 48.0 Å². The van der Waals surface area contributed by atoms with E-state index in [0.717, 1.165) is 30.0 Å². The van der Waals surface area contributed by atoms with Crippen LogP contribution < -0.4 is 0 Å². The number of piperidine rings is 1. The zero-order chi connectivity index (χ0) is 21.6. The standard InChI is InChI=1S/C27H52N2/c1-10-12-20(2)28-16-11-13-24(28)26(6,7)14-15-27(8,9)29-19-21-17-22(29)18-23(21)25(3,4)5/h20-24H,10-19H2,1-9H3. The fraction of sp³-hybridized carbons (Fsp3) is 1.00. The van der Waals surface area contributed by atoms with E-state index in [9.17, 15) is 0 Å². The highest BCUT2D eigenvalue weighted by molar-refractivity contribution is 5.05. The van der Waals surface area contributed by atoms with E-state index in [1.54, 1.807) is 0 Å². The van der Waals surface area contributed by atoms with Crippen LogP contribution in [0.25, 0.3) is 0 Å². The molecule has 29 heavy (non-hydrogen) atoms. The summed E-state index contributed by atoms with van der Waals surface area (Å²) in [5.74, 6) is 1.87. The molecule has 0 spiro atoms. The van der Waals surface area contributed by atoms with Crippen molar-refractivity contribution in [2.75, 3.05) is 13.1 Å². The van der Waals surface area contributed by atoms with Gasteiger partial charge in [0.05, 0.1) is 0 Å². The topological polar surface area (TPSA) is 6.48 Å². The van der Waals surface area contributed by atoms with Crippen LogP contribution >= 0.6 is 0 Å². The molecule has 2 heterocycles.